The monoisotopic (exact) mass is 421 g/mol. The molecular formula is C19H20BrNO3S. The van der Waals surface area contributed by atoms with Crippen LogP contribution in [0.15, 0.2) is 53.0 Å². The van der Waals surface area contributed by atoms with Gasteiger partial charge in [-0.2, -0.15) is 0 Å². The third-order valence-corrected chi connectivity index (χ3v) is 6.66. The van der Waals surface area contributed by atoms with Crippen LogP contribution in [0.25, 0.3) is 0 Å². The molecule has 0 bridgehead atoms. The third-order valence-electron chi connectivity index (χ3n) is 4.42. The molecule has 6 heteroatoms. The second-order valence-electron chi connectivity index (χ2n) is 6.49. The van der Waals surface area contributed by atoms with Crippen LogP contribution in [0.1, 0.15) is 27.9 Å². The molecule has 2 aromatic rings. The van der Waals surface area contributed by atoms with Crippen LogP contribution in [0.3, 0.4) is 0 Å². The maximum absolute atomic E-state index is 13.1. The summed E-state index contributed by atoms with van der Waals surface area (Å²) in [6.45, 7) is 2.34. The smallest absolute Gasteiger partial charge is 0.254 e. The number of carbonyl (C=O) groups excluding carboxylic acids is 1. The molecule has 1 saturated heterocycles. The van der Waals surface area contributed by atoms with Gasteiger partial charge in [0.05, 0.1) is 11.5 Å². The number of rotatable bonds is 4. The van der Waals surface area contributed by atoms with Crippen molar-refractivity contribution in [1.29, 1.82) is 0 Å². The normalized spacial score (nSPS) is 18.9. The SMILES string of the molecule is Cc1cccc(C(=O)N(Cc2cccc(Br)c2)[C@H]2CCS(=O)(=O)C2)c1. The first-order chi connectivity index (χ1) is 11.8. The second-order valence-corrected chi connectivity index (χ2v) is 9.63. The van der Waals surface area contributed by atoms with Crippen molar-refractivity contribution in [2.45, 2.75) is 25.9 Å². The lowest BCUT2D eigenvalue weighted by Crippen LogP contribution is -2.40. The molecule has 3 rings (SSSR count). The molecule has 25 heavy (non-hydrogen) atoms. The molecule has 132 valence electrons. The highest BCUT2D eigenvalue weighted by Crippen LogP contribution is 2.23. The molecule has 4 nitrogen and oxygen atoms in total. The molecule has 1 amide bonds. The van der Waals surface area contributed by atoms with E-state index in [0.29, 0.717) is 18.5 Å². The Morgan fingerprint density at radius 2 is 1.96 bits per heavy atom. The molecule has 0 N–H and O–H groups in total. The quantitative estimate of drug-likeness (QED) is 0.757. The summed E-state index contributed by atoms with van der Waals surface area (Å²) in [7, 11) is -3.07. The molecule has 0 radical (unpaired) electrons. The van der Waals surface area contributed by atoms with Gasteiger partial charge in [-0.1, -0.05) is 45.8 Å². The van der Waals surface area contributed by atoms with E-state index in [0.717, 1.165) is 15.6 Å². The number of amides is 1. The summed E-state index contributed by atoms with van der Waals surface area (Å²) < 4.78 is 24.8. The van der Waals surface area contributed by atoms with E-state index in [9.17, 15) is 13.2 Å². The first kappa shape index (κ1) is 18.1. The zero-order valence-corrected chi connectivity index (χ0v) is 16.4. The number of halogens is 1. The number of nitrogens with zero attached hydrogens (tertiary/aromatic N) is 1. The molecular weight excluding hydrogens is 402 g/mol. The maximum Gasteiger partial charge on any atom is 0.254 e. The van der Waals surface area contributed by atoms with Crippen molar-refractivity contribution in [2.75, 3.05) is 11.5 Å². The molecule has 2 aromatic carbocycles. The molecule has 0 unspecified atom stereocenters. The van der Waals surface area contributed by atoms with Gasteiger partial charge < -0.3 is 4.90 Å². The van der Waals surface area contributed by atoms with Gasteiger partial charge in [-0.05, 0) is 43.2 Å². The minimum atomic E-state index is -3.07. The topological polar surface area (TPSA) is 54.5 Å². The van der Waals surface area contributed by atoms with Crippen molar-refractivity contribution in [3.05, 3.63) is 69.7 Å². The second kappa shape index (κ2) is 7.30. The van der Waals surface area contributed by atoms with E-state index in [1.165, 1.54) is 0 Å². The van der Waals surface area contributed by atoms with Gasteiger partial charge in [0.15, 0.2) is 9.84 Å². The van der Waals surface area contributed by atoms with Crippen LogP contribution in [0, 0.1) is 6.92 Å². The Hall–Kier alpha value is -1.66. The molecule has 0 spiro atoms. The number of hydrogen-bond acceptors (Lipinski definition) is 3. The fraction of sp³-hybridized carbons (Fsp3) is 0.316. The van der Waals surface area contributed by atoms with Gasteiger partial charge in [0.2, 0.25) is 0 Å². The lowest BCUT2D eigenvalue weighted by molar-refractivity contribution is 0.0681. The van der Waals surface area contributed by atoms with Crippen molar-refractivity contribution in [3.8, 4) is 0 Å². The average Bonchev–Trinajstić information content (AvgIpc) is 2.92. The first-order valence-corrected chi connectivity index (χ1v) is 10.8. The van der Waals surface area contributed by atoms with Gasteiger partial charge in [0.25, 0.3) is 5.91 Å². The standard InChI is InChI=1S/C19H20BrNO3S/c1-14-4-2-6-16(10-14)19(22)21(18-8-9-25(23,24)13-18)12-15-5-3-7-17(20)11-15/h2-7,10-11,18H,8-9,12-13H2,1H3/t18-/m0/s1. The molecule has 1 fully saturated rings. The van der Waals surface area contributed by atoms with E-state index in [1.807, 2.05) is 49.4 Å². The van der Waals surface area contributed by atoms with E-state index in [1.54, 1.807) is 11.0 Å². The molecule has 0 aromatic heterocycles. The maximum atomic E-state index is 13.1. The molecule has 1 aliphatic rings. The van der Waals surface area contributed by atoms with Crippen molar-refractivity contribution in [3.63, 3.8) is 0 Å². The Morgan fingerprint density at radius 1 is 1.20 bits per heavy atom. The van der Waals surface area contributed by atoms with Crippen LogP contribution < -0.4 is 0 Å². The van der Waals surface area contributed by atoms with Crippen molar-refractivity contribution < 1.29 is 13.2 Å². The Kier molecular flexibility index (Phi) is 5.29. The highest BCUT2D eigenvalue weighted by Gasteiger charge is 2.35. The highest BCUT2D eigenvalue weighted by atomic mass is 79.9. The summed E-state index contributed by atoms with van der Waals surface area (Å²) in [4.78, 5) is 14.8. The molecule has 1 heterocycles. The van der Waals surface area contributed by atoms with Crippen LogP contribution in [0.2, 0.25) is 0 Å². The fourth-order valence-corrected chi connectivity index (χ4v) is 5.34. The summed E-state index contributed by atoms with van der Waals surface area (Å²) in [6.07, 6.45) is 0.494. The van der Waals surface area contributed by atoms with Gasteiger partial charge in [0, 0.05) is 22.6 Å². The number of aryl methyl sites for hydroxylation is 1. The van der Waals surface area contributed by atoms with Crippen molar-refractivity contribution in [2.24, 2.45) is 0 Å². The largest absolute Gasteiger partial charge is 0.330 e. The average molecular weight is 422 g/mol. The van der Waals surface area contributed by atoms with Crippen LogP contribution in [-0.2, 0) is 16.4 Å². The predicted molar refractivity (Wildman–Crippen MR) is 102 cm³/mol. The van der Waals surface area contributed by atoms with Crippen LogP contribution in [-0.4, -0.2) is 36.8 Å². The summed E-state index contributed by atoms with van der Waals surface area (Å²) in [6, 6.07) is 14.9. The Bertz CT molecular complexity index is 895. The Labute approximate surface area is 156 Å². The number of sulfone groups is 1. The zero-order valence-electron chi connectivity index (χ0n) is 14.0. The minimum Gasteiger partial charge on any atom is -0.330 e. The predicted octanol–water partition coefficient (Wildman–Crippen LogP) is 3.59. The Morgan fingerprint density at radius 3 is 2.60 bits per heavy atom. The third kappa shape index (κ3) is 4.50. The fourth-order valence-electron chi connectivity index (χ4n) is 3.16. The van der Waals surface area contributed by atoms with Gasteiger partial charge >= 0.3 is 0 Å². The van der Waals surface area contributed by atoms with Crippen molar-refractivity contribution >= 4 is 31.7 Å². The number of benzene rings is 2. The Balaban J connectivity index is 1.92. The van der Waals surface area contributed by atoms with E-state index in [-0.39, 0.29) is 23.5 Å². The van der Waals surface area contributed by atoms with Gasteiger partial charge in [-0.15, -0.1) is 0 Å². The summed E-state index contributed by atoms with van der Waals surface area (Å²) in [5.74, 6) is 0.0672. The minimum absolute atomic E-state index is 0.0402. The molecule has 0 aliphatic carbocycles. The summed E-state index contributed by atoms with van der Waals surface area (Å²) in [5.41, 5.74) is 2.58. The lowest BCUT2D eigenvalue weighted by atomic mass is 10.1. The number of hydrogen-bond donors (Lipinski definition) is 0. The number of carbonyl (C=O) groups is 1. The van der Waals surface area contributed by atoms with E-state index >= 15 is 0 Å². The molecule has 1 aliphatic heterocycles. The zero-order chi connectivity index (χ0) is 18.0. The van der Waals surface area contributed by atoms with Gasteiger partial charge in [-0.25, -0.2) is 8.42 Å². The van der Waals surface area contributed by atoms with Crippen LogP contribution >= 0.6 is 15.9 Å². The van der Waals surface area contributed by atoms with E-state index in [4.69, 9.17) is 0 Å². The first-order valence-electron chi connectivity index (χ1n) is 8.16. The van der Waals surface area contributed by atoms with Crippen molar-refractivity contribution in [1.82, 2.24) is 4.90 Å². The van der Waals surface area contributed by atoms with E-state index in [2.05, 4.69) is 15.9 Å². The van der Waals surface area contributed by atoms with Crippen LogP contribution in [0.5, 0.6) is 0 Å². The molecule has 1 atom stereocenters. The highest BCUT2D eigenvalue weighted by molar-refractivity contribution is 9.10. The van der Waals surface area contributed by atoms with Crippen LogP contribution in [0.4, 0.5) is 0 Å². The summed E-state index contributed by atoms with van der Waals surface area (Å²) >= 11 is 3.45. The van der Waals surface area contributed by atoms with E-state index < -0.39 is 9.84 Å². The summed E-state index contributed by atoms with van der Waals surface area (Å²) in [5, 5.41) is 0. The molecule has 0 saturated carbocycles. The van der Waals surface area contributed by atoms with Gasteiger partial charge in [-0.3, -0.25) is 4.79 Å². The lowest BCUT2D eigenvalue weighted by Gasteiger charge is -2.29. The van der Waals surface area contributed by atoms with Gasteiger partial charge in [0.1, 0.15) is 0 Å².